The molecule has 0 saturated carbocycles. The molecule has 1 heterocycles. The number of para-hydroxylation sites is 1. The van der Waals surface area contributed by atoms with Gasteiger partial charge < -0.3 is 15.0 Å². The summed E-state index contributed by atoms with van der Waals surface area (Å²) in [7, 11) is 4.12. The molecule has 0 amide bonds. The van der Waals surface area contributed by atoms with E-state index in [1.54, 1.807) is 0 Å². The van der Waals surface area contributed by atoms with Crippen LogP contribution in [0.5, 0.6) is 5.75 Å². The molecule has 0 fully saturated rings. The number of ether oxygens (including phenoxy) is 1. The molecule has 0 aliphatic carbocycles. The van der Waals surface area contributed by atoms with Crippen molar-refractivity contribution in [2.45, 2.75) is 12.5 Å². The Morgan fingerprint density at radius 1 is 1.10 bits per heavy atom. The van der Waals surface area contributed by atoms with Crippen molar-refractivity contribution < 1.29 is 4.74 Å². The van der Waals surface area contributed by atoms with Crippen LogP contribution in [0.2, 0.25) is 0 Å². The summed E-state index contributed by atoms with van der Waals surface area (Å²) >= 11 is 0. The number of benzene rings is 2. The zero-order valence-corrected chi connectivity index (χ0v) is 12.0. The zero-order valence-electron chi connectivity index (χ0n) is 12.0. The second-order valence-electron chi connectivity index (χ2n) is 5.32. The minimum Gasteiger partial charge on any atom is -0.493 e. The van der Waals surface area contributed by atoms with Crippen molar-refractivity contribution in [2.75, 3.05) is 30.9 Å². The topological polar surface area (TPSA) is 24.5 Å². The van der Waals surface area contributed by atoms with E-state index in [0.29, 0.717) is 6.04 Å². The Morgan fingerprint density at radius 2 is 1.95 bits per heavy atom. The lowest BCUT2D eigenvalue weighted by molar-refractivity contribution is 0.274. The van der Waals surface area contributed by atoms with Gasteiger partial charge in [0.1, 0.15) is 5.75 Å². The monoisotopic (exact) mass is 268 g/mol. The van der Waals surface area contributed by atoms with Crippen molar-refractivity contribution in [3.8, 4) is 5.75 Å². The first kappa shape index (κ1) is 12.9. The van der Waals surface area contributed by atoms with Gasteiger partial charge in [0.2, 0.25) is 0 Å². The molecule has 0 aromatic heterocycles. The maximum Gasteiger partial charge on any atom is 0.124 e. The highest BCUT2D eigenvalue weighted by atomic mass is 16.5. The van der Waals surface area contributed by atoms with E-state index in [0.717, 1.165) is 24.5 Å². The lowest BCUT2D eigenvalue weighted by Gasteiger charge is -2.27. The molecule has 2 aromatic rings. The van der Waals surface area contributed by atoms with E-state index < -0.39 is 0 Å². The quantitative estimate of drug-likeness (QED) is 0.919. The van der Waals surface area contributed by atoms with Gasteiger partial charge in [-0.15, -0.1) is 0 Å². The van der Waals surface area contributed by atoms with Crippen LogP contribution in [0.4, 0.5) is 11.4 Å². The molecule has 104 valence electrons. The molecule has 3 rings (SSSR count). The largest absolute Gasteiger partial charge is 0.493 e. The first-order valence-electron chi connectivity index (χ1n) is 7.00. The van der Waals surface area contributed by atoms with Crippen molar-refractivity contribution in [1.82, 2.24) is 0 Å². The van der Waals surface area contributed by atoms with E-state index in [1.165, 1.54) is 11.3 Å². The Hall–Kier alpha value is -2.16. The smallest absolute Gasteiger partial charge is 0.124 e. The predicted octanol–water partition coefficient (Wildman–Crippen LogP) is 3.69. The molecule has 0 saturated heterocycles. The maximum absolute atomic E-state index is 5.71. The molecule has 1 aliphatic heterocycles. The fourth-order valence-electron chi connectivity index (χ4n) is 2.57. The van der Waals surface area contributed by atoms with Crippen molar-refractivity contribution in [3.63, 3.8) is 0 Å². The van der Waals surface area contributed by atoms with Gasteiger partial charge in [0.25, 0.3) is 0 Å². The van der Waals surface area contributed by atoms with E-state index >= 15 is 0 Å². The van der Waals surface area contributed by atoms with Gasteiger partial charge in [0.15, 0.2) is 0 Å². The van der Waals surface area contributed by atoms with E-state index in [4.69, 9.17) is 4.74 Å². The van der Waals surface area contributed by atoms with E-state index in [2.05, 4.69) is 60.7 Å². The fourth-order valence-corrected chi connectivity index (χ4v) is 2.57. The molecule has 3 nitrogen and oxygen atoms in total. The van der Waals surface area contributed by atoms with Crippen molar-refractivity contribution in [2.24, 2.45) is 0 Å². The molecule has 1 aliphatic rings. The third-order valence-corrected chi connectivity index (χ3v) is 3.66. The summed E-state index contributed by atoms with van der Waals surface area (Å²) in [4.78, 5) is 2.11. The summed E-state index contributed by atoms with van der Waals surface area (Å²) in [6, 6.07) is 17.1. The number of hydrogen-bond donors (Lipinski definition) is 1. The second kappa shape index (κ2) is 5.45. The second-order valence-corrected chi connectivity index (χ2v) is 5.32. The van der Waals surface area contributed by atoms with Crippen LogP contribution in [0, 0.1) is 0 Å². The minimum atomic E-state index is 0.317. The Morgan fingerprint density at radius 3 is 2.80 bits per heavy atom. The van der Waals surface area contributed by atoms with Crippen LogP contribution in [0.1, 0.15) is 18.0 Å². The van der Waals surface area contributed by atoms with Crippen LogP contribution in [-0.4, -0.2) is 20.7 Å². The zero-order chi connectivity index (χ0) is 13.9. The Balaban J connectivity index is 1.84. The van der Waals surface area contributed by atoms with Crippen molar-refractivity contribution in [1.29, 1.82) is 0 Å². The molecule has 20 heavy (non-hydrogen) atoms. The minimum absolute atomic E-state index is 0.317. The highest BCUT2D eigenvalue weighted by molar-refractivity contribution is 5.58. The molecule has 1 atom stereocenters. The number of fused-ring (bicyclic) bond motifs is 1. The summed E-state index contributed by atoms with van der Waals surface area (Å²) in [5, 5.41) is 3.63. The van der Waals surface area contributed by atoms with Gasteiger partial charge in [0, 0.05) is 37.5 Å². The van der Waals surface area contributed by atoms with E-state index in [1.807, 2.05) is 12.1 Å². The van der Waals surface area contributed by atoms with Gasteiger partial charge in [-0.3, -0.25) is 0 Å². The Bertz CT molecular complexity index is 595. The number of anilines is 2. The van der Waals surface area contributed by atoms with Crippen molar-refractivity contribution >= 4 is 11.4 Å². The summed E-state index contributed by atoms with van der Waals surface area (Å²) < 4.78 is 5.71. The summed E-state index contributed by atoms with van der Waals surface area (Å²) in [5.41, 5.74) is 3.60. The summed E-state index contributed by atoms with van der Waals surface area (Å²) in [6.07, 6.45) is 0.989. The first-order chi connectivity index (χ1) is 9.74. The molecule has 0 bridgehead atoms. The Labute approximate surface area is 120 Å². The predicted molar refractivity (Wildman–Crippen MR) is 83.7 cm³/mol. The first-order valence-corrected chi connectivity index (χ1v) is 7.00. The van der Waals surface area contributed by atoms with Gasteiger partial charge in [0.05, 0.1) is 12.6 Å². The van der Waals surface area contributed by atoms with Gasteiger partial charge >= 0.3 is 0 Å². The van der Waals surface area contributed by atoms with Crippen LogP contribution in [0.3, 0.4) is 0 Å². The highest BCUT2D eigenvalue weighted by Crippen LogP contribution is 2.34. The molecule has 3 heteroatoms. The number of nitrogens with one attached hydrogen (secondary N) is 1. The van der Waals surface area contributed by atoms with E-state index in [9.17, 15) is 0 Å². The third-order valence-electron chi connectivity index (χ3n) is 3.66. The lowest BCUT2D eigenvalue weighted by Crippen LogP contribution is -2.20. The van der Waals surface area contributed by atoms with Crippen LogP contribution < -0.4 is 15.0 Å². The SMILES string of the molecule is CN(C)c1cccc(NC2CCOc3ccccc32)c1. The highest BCUT2D eigenvalue weighted by Gasteiger charge is 2.20. The van der Waals surface area contributed by atoms with Gasteiger partial charge in [-0.05, 0) is 24.3 Å². The number of rotatable bonds is 3. The molecular weight excluding hydrogens is 248 g/mol. The number of nitrogens with zero attached hydrogens (tertiary/aromatic N) is 1. The molecule has 1 unspecified atom stereocenters. The van der Waals surface area contributed by atoms with Gasteiger partial charge in [-0.1, -0.05) is 24.3 Å². The van der Waals surface area contributed by atoms with Gasteiger partial charge in [-0.25, -0.2) is 0 Å². The molecule has 1 N–H and O–H groups in total. The fraction of sp³-hybridized carbons (Fsp3) is 0.294. The van der Waals surface area contributed by atoms with Crippen LogP contribution in [-0.2, 0) is 0 Å². The summed E-state index contributed by atoms with van der Waals surface area (Å²) in [6.45, 7) is 0.766. The molecule has 0 radical (unpaired) electrons. The lowest BCUT2D eigenvalue weighted by atomic mass is 10.0. The standard InChI is InChI=1S/C17H20N2O/c1-19(2)14-7-5-6-13(12-14)18-16-10-11-20-17-9-4-3-8-15(16)17/h3-9,12,16,18H,10-11H2,1-2H3. The average molecular weight is 268 g/mol. The van der Waals surface area contributed by atoms with Crippen LogP contribution >= 0.6 is 0 Å². The summed E-state index contributed by atoms with van der Waals surface area (Å²) in [5.74, 6) is 1.00. The average Bonchev–Trinajstić information content (AvgIpc) is 2.48. The van der Waals surface area contributed by atoms with Crippen molar-refractivity contribution in [3.05, 3.63) is 54.1 Å². The maximum atomic E-state index is 5.71. The molecule has 2 aromatic carbocycles. The van der Waals surface area contributed by atoms with Crippen LogP contribution in [0.25, 0.3) is 0 Å². The van der Waals surface area contributed by atoms with Crippen LogP contribution in [0.15, 0.2) is 48.5 Å². The molecular formula is C17H20N2O. The third kappa shape index (κ3) is 2.57. The normalized spacial score (nSPS) is 17.0. The van der Waals surface area contributed by atoms with E-state index in [-0.39, 0.29) is 0 Å². The van der Waals surface area contributed by atoms with Gasteiger partial charge in [-0.2, -0.15) is 0 Å². The number of hydrogen-bond acceptors (Lipinski definition) is 3. The molecule has 0 spiro atoms. The Kier molecular flexibility index (Phi) is 3.50.